The second-order valence-corrected chi connectivity index (χ2v) is 4.19. The molecule has 62 valence electrons. The molecule has 1 aromatic heterocycles. The maximum atomic E-state index is 6.06. The largest absolute Gasteiger partial charge is 0.333 e. The molecule has 0 spiro atoms. The summed E-state index contributed by atoms with van der Waals surface area (Å²) < 4.78 is 2.07. The number of hydrogen-bond acceptors (Lipinski definition) is 0. The number of aromatic nitrogens is 1. The Morgan fingerprint density at radius 3 is 2.09 bits per heavy atom. The van der Waals surface area contributed by atoms with Gasteiger partial charge in [-0.15, -0.1) is 0 Å². The van der Waals surface area contributed by atoms with Crippen molar-refractivity contribution in [1.82, 2.24) is 4.57 Å². The summed E-state index contributed by atoms with van der Waals surface area (Å²) in [7, 11) is 0. The van der Waals surface area contributed by atoms with Crippen LogP contribution in [0.4, 0.5) is 0 Å². The van der Waals surface area contributed by atoms with Crippen molar-refractivity contribution in [2.45, 2.75) is 33.2 Å². The molecule has 1 nitrogen and oxygen atoms in total. The molecule has 0 N–H and O–H groups in total. The molecule has 0 saturated carbocycles. The normalized spacial score (nSPS) is 12.1. The van der Waals surface area contributed by atoms with Crippen molar-refractivity contribution >= 4 is 11.6 Å². The Bertz CT molecular complexity index is 255. The lowest BCUT2D eigenvalue weighted by molar-refractivity contribution is 0.399. The molecule has 0 radical (unpaired) electrons. The molecule has 0 aromatic carbocycles. The van der Waals surface area contributed by atoms with Crippen molar-refractivity contribution in [2.24, 2.45) is 0 Å². The molecule has 0 saturated heterocycles. The summed E-state index contributed by atoms with van der Waals surface area (Å²) in [6, 6.07) is 2.04. The fourth-order valence-electron chi connectivity index (χ4n) is 1.03. The van der Waals surface area contributed by atoms with Gasteiger partial charge in [0.25, 0.3) is 0 Å². The van der Waals surface area contributed by atoms with Crippen molar-refractivity contribution in [3.05, 3.63) is 23.0 Å². The highest BCUT2D eigenvalue weighted by atomic mass is 35.5. The van der Waals surface area contributed by atoms with Gasteiger partial charge in [0.1, 0.15) is 5.15 Å². The van der Waals surface area contributed by atoms with Gasteiger partial charge in [-0.1, -0.05) is 11.6 Å². The Morgan fingerprint density at radius 2 is 1.91 bits per heavy atom. The number of nitrogens with zero attached hydrogens (tertiary/aromatic N) is 1. The summed E-state index contributed by atoms with van der Waals surface area (Å²) in [4.78, 5) is 0. The lowest BCUT2D eigenvalue weighted by atomic mass is 10.1. The van der Waals surface area contributed by atoms with E-state index in [0.29, 0.717) is 0 Å². The van der Waals surface area contributed by atoms with Crippen LogP contribution in [0.3, 0.4) is 0 Å². The van der Waals surface area contributed by atoms with Crippen LogP contribution < -0.4 is 0 Å². The fraction of sp³-hybridized carbons (Fsp3) is 0.556. The second-order valence-electron chi connectivity index (χ2n) is 3.83. The molecule has 0 aliphatic rings. The summed E-state index contributed by atoms with van der Waals surface area (Å²) in [6.45, 7) is 8.43. The second kappa shape index (κ2) is 2.56. The summed E-state index contributed by atoms with van der Waals surface area (Å²) >= 11 is 6.06. The molecule has 0 aliphatic heterocycles. The third-order valence-electron chi connectivity index (χ3n) is 1.73. The van der Waals surface area contributed by atoms with Crippen LogP contribution in [-0.4, -0.2) is 4.57 Å². The first kappa shape index (κ1) is 8.66. The average molecular weight is 172 g/mol. The zero-order valence-corrected chi connectivity index (χ0v) is 8.24. The van der Waals surface area contributed by atoms with Crippen LogP contribution in [0.1, 0.15) is 26.3 Å². The van der Waals surface area contributed by atoms with E-state index in [0.717, 1.165) is 10.7 Å². The minimum Gasteiger partial charge on any atom is -0.333 e. The zero-order valence-electron chi connectivity index (χ0n) is 7.48. The molecule has 1 heterocycles. The molecule has 0 aliphatic carbocycles. The summed E-state index contributed by atoms with van der Waals surface area (Å²) in [5.41, 5.74) is 1.23. The van der Waals surface area contributed by atoms with Gasteiger partial charge < -0.3 is 4.57 Å². The number of hydrogen-bond donors (Lipinski definition) is 0. The Kier molecular flexibility index (Phi) is 2.02. The van der Waals surface area contributed by atoms with E-state index in [1.165, 1.54) is 0 Å². The first-order chi connectivity index (χ1) is 4.93. The first-order valence-electron chi connectivity index (χ1n) is 3.77. The van der Waals surface area contributed by atoms with Crippen molar-refractivity contribution < 1.29 is 0 Å². The molecular formula is C9H14ClN. The smallest absolute Gasteiger partial charge is 0.112 e. The molecule has 0 amide bonds. The van der Waals surface area contributed by atoms with Crippen molar-refractivity contribution in [2.75, 3.05) is 0 Å². The van der Waals surface area contributed by atoms with Gasteiger partial charge in [-0.05, 0) is 39.3 Å². The number of aryl methyl sites for hydroxylation is 1. The standard InChI is InChI=1S/C9H14ClN/c1-7-5-6-11(8(7)10)9(2,3)4/h5-6H,1-4H3. The molecule has 1 aromatic rings. The van der Waals surface area contributed by atoms with E-state index in [2.05, 4.69) is 25.3 Å². The van der Waals surface area contributed by atoms with Gasteiger partial charge in [-0.25, -0.2) is 0 Å². The molecule has 0 bridgehead atoms. The maximum absolute atomic E-state index is 6.06. The van der Waals surface area contributed by atoms with Gasteiger partial charge in [0.05, 0.1) is 0 Å². The Morgan fingerprint density at radius 1 is 1.36 bits per heavy atom. The van der Waals surface area contributed by atoms with Crippen LogP contribution in [0, 0.1) is 6.92 Å². The van der Waals surface area contributed by atoms with E-state index in [1.54, 1.807) is 0 Å². The quantitative estimate of drug-likeness (QED) is 0.565. The summed E-state index contributed by atoms with van der Waals surface area (Å²) in [6.07, 6.45) is 2.03. The van der Waals surface area contributed by atoms with Crippen LogP contribution in [0.15, 0.2) is 12.3 Å². The van der Waals surface area contributed by atoms with Gasteiger partial charge in [0, 0.05) is 11.7 Å². The summed E-state index contributed by atoms with van der Waals surface area (Å²) in [5.74, 6) is 0. The zero-order chi connectivity index (χ0) is 8.65. The van der Waals surface area contributed by atoms with Crippen LogP contribution in [-0.2, 0) is 5.54 Å². The van der Waals surface area contributed by atoms with Gasteiger partial charge >= 0.3 is 0 Å². The van der Waals surface area contributed by atoms with Gasteiger partial charge in [-0.3, -0.25) is 0 Å². The number of halogens is 1. The SMILES string of the molecule is Cc1ccn(C(C)(C)C)c1Cl. The lowest BCUT2D eigenvalue weighted by Gasteiger charge is -2.22. The highest BCUT2D eigenvalue weighted by Crippen LogP contribution is 2.24. The minimum absolute atomic E-state index is 0.0886. The average Bonchev–Trinajstić information content (AvgIpc) is 2.11. The van der Waals surface area contributed by atoms with Crippen LogP contribution >= 0.6 is 11.6 Å². The van der Waals surface area contributed by atoms with Gasteiger partial charge in [0.15, 0.2) is 0 Å². The molecule has 1 rings (SSSR count). The highest BCUT2D eigenvalue weighted by Gasteiger charge is 2.15. The van der Waals surface area contributed by atoms with E-state index in [4.69, 9.17) is 11.6 Å². The van der Waals surface area contributed by atoms with Gasteiger partial charge in [-0.2, -0.15) is 0 Å². The predicted octanol–water partition coefficient (Wildman–Crippen LogP) is 3.20. The van der Waals surface area contributed by atoms with E-state index in [1.807, 2.05) is 19.2 Å². The number of rotatable bonds is 0. The Labute approximate surface area is 73.0 Å². The molecule has 2 heteroatoms. The van der Waals surface area contributed by atoms with E-state index in [9.17, 15) is 0 Å². The van der Waals surface area contributed by atoms with Crippen LogP contribution in [0.2, 0.25) is 5.15 Å². The van der Waals surface area contributed by atoms with Crippen molar-refractivity contribution in [1.29, 1.82) is 0 Å². The third kappa shape index (κ3) is 1.59. The molecule has 0 unspecified atom stereocenters. The molecular weight excluding hydrogens is 158 g/mol. The van der Waals surface area contributed by atoms with Crippen molar-refractivity contribution in [3.63, 3.8) is 0 Å². The Balaban J connectivity index is 3.15. The molecule has 0 atom stereocenters. The highest BCUT2D eigenvalue weighted by molar-refractivity contribution is 6.30. The van der Waals surface area contributed by atoms with E-state index >= 15 is 0 Å². The first-order valence-corrected chi connectivity index (χ1v) is 4.14. The maximum Gasteiger partial charge on any atom is 0.112 e. The lowest BCUT2D eigenvalue weighted by Crippen LogP contribution is -2.20. The predicted molar refractivity (Wildman–Crippen MR) is 49.2 cm³/mol. The molecule has 0 fully saturated rings. The van der Waals surface area contributed by atoms with E-state index in [-0.39, 0.29) is 5.54 Å². The summed E-state index contributed by atoms with van der Waals surface area (Å²) in [5, 5.41) is 0.845. The van der Waals surface area contributed by atoms with Crippen LogP contribution in [0.5, 0.6) is 0 Å². The van der Waals surface area contributed by atoms with Crippen molar-refractivity contribution in [3.8, 4) is 0 Å². The minimum atomic E-state index is 0.0886. The Hall–Kier alpha value is -0.430. The van der Waals surface area contributed by atoms with E-state index < -0.39 is 0 Å². The van der Waals surface area contributed by atoms with Crippen LogP contribution in [0.25, 0.3) is 0 Å². The monoisotopic (exact) mass is 171 g/mol. The fourth-order valence-corrected chi connectivity index (χ4v) is 1.40. The third-order valence-corrected chi connectivity index (χ3v) is 2.21. The van der Waals surface area contributed by atoms with Gasteiger partial charge in [0.2, 0.25) is 0 Å². The topological polar surface area (TPSA) is 4.93 Å². The molecule has 11 heavy (non-hydrogen) atoms.